The summed E-state index contributed by atoms with van der Waals surface area (Å²) in [5, 5.41) is 3.71. The van der Waals surface area contributed by atoms with Crippen molar-refractivity contribution in [3.63, 3.8) is 0 Å². The van der Waals surface area contributed by atoms with Crippen molar-refractivity contribution < 1.29 is 17.7 Å². The summed E-state index contributed by atoms with van der Waals surface area (Å²) in [5.74, 6) is 0.699. The smallest absolute Gasteiger partial charge is 0.339 e. The third-order valence-corrected chi connectivity index (χ3v) is 3.18. The minimum atomic E-state index is -4.40. The topological polar surface area (TPSA) is 64.9 Å². The highest BCUT2D eigenvalue weighted by molar-refractivity contribution is 5.55. The van der Waals surface area contributed by atoms with Gasteiger partial charge in [-0.15, -0.1) is 0 Å². The summed E-state index contributed by atoms with van der Waals surface area (Å²) in [4.78, 5) is 4.10. The number of nitrogens with two attached hydrogens (primary N) is 1. The van der Waals surface area contributed by atoms with E-state index in [0.29, 0.717) is 12.3 Å². The lowest BCUT2D eigenvalue weighted by Crippen LogP contribution is -2.28. The van der Waals surface area contributed by atoms with Crippen LogP contribution in [0.2, 0.25) is 0 Å². The molecular formula is C14H16F3N3O. The number of alkyl halides is 3. The summed E-state index contributed by atoms with van der Waals surface area (Å²) >= 11 is 0. The molecule has 1 unspecified atom stereocenters. The Kier molecular flexibility index (Phi) is 4.32. The molecule has 0 aliphatic carbocycles. The first-order valence-corrected chi connectivity index (χ1v) is 6.53. The number of halogens is 3. The molecule has 1 atom stereocenters. The first-order valence-electron chi connectivity index (χ1n) is 6.53. The maximum Gasteiger partial charge on any atom is 0.416 e. The van der Waals surface area contributed by atoms with Gasteiger partial charge in [0.15, 0.2) is 0 Å². The van der Waals surface area contributed by atoms with Crippen LogP contribution in [0.1, 0.15) is 25.3 Å². The number of aromatic nitrogens is 2. The molecule has 0 amide bonds. The molecule has 1 aromatic carbocycles. The Morgan fingerprint density at radius 3 is 2.62 bits per heavy atom. The van der Waals surface area contributed by atoms with Crippen LogP contribution in [0.5, 0.6) is 0 Å². The van der Waals surface area contributed by atoms with Crippen molar-refractivity contribution in [2.75, 3.05) is 0 Å². The molecule has 21 heavy (non-hydrogen) atoms. The fourth-order valence-corrected chi connectivity index (χ4v) is 1.73. The Morgan fingerprint density at radius 1 is 1.29 bits per heavy atom. The first-order chi connectivity index (χ1) is 9.77. The van der Waals surface area contributed by atoms with Gasteiger partial charge in [-0.1, -0.05) is 31.1 Å². The molecule has 0 aliphatic rings. The zero-order chi connectivity index (χ0) is 15.6. The lowest BCUT2D eigenvalue weighted by Gasteiger charge is -2.11. The lowest BCUT2D eigenvalue weighted by molar-refractivity contribution is -0.137. The quantitative estimate of drug-likeness (QED) is 0.941. The molecule has 2 aromatic rings. The second-order valence-corrected chi connectivity index (χ2v) is 5.20. The average Bonchev–Trinajstić information content (AvgIpc) is 2.86. The maximum absolute atomic E-state index is 12.7. The van der Waals surface area contributed by atoms with Gasteiger partial charge in [-0.05, 0) is 18.1 Å². The van der Waals surface area contributed by atoms with Crippen LogP contribution in [0.4, 0.5) is 13.2 Å². The van der Waals surface area contributed by atoms with Crippen LogP contribution < -0.4 is 5.73 Å². The van der Waals surface area contributed by atoms with Crippen LogP contribution in [0, 0.1) is 5.92 Å². The predicted molar refractivity (Wildman–Crippen MR) is 71.3 cm³/mol. The molecule has 7 heteroatoms. The van der Waals surface area contributed by atoms with Crippen LogP contribution in [0.15, 0.2) is 28.8 Å². The predicted octanol–water partition coefficient (Wildman–Crippen LogP) is 3.28. The van der Waals surface area contributed by atoms with Crippen molar-refractivity contribution in [3.05, 3.63) is 35.7 Å². The molecule has 1 aromatic heterocycles. The summed E-state index contributed by atoms with van der Waals surface area (Å²) in [6, 6.07) is 4.68. The van der Waals surface area contributed by atoms with Crippen molar-refractivity contribution in [2.24, 2.45) is 11.7 Å². The van der Waals surface area contributed by atoms with E-state index in [1.165, 1.54) is 12.1 Å². The lowest BCUT2D eigenvalue weighted by atomic mass is 10.0. The number of benzene rings is 1. The van der Waals surface area contributed by atoms with Crippen molar-refractivity contribution >= 4 is 0 Å². The largest absolute Gasteiger partial charge is 0.416 e. The van der Waals surface area contributed by atoms with Crippen molar-refractivity contribution in [1.29, 1.82) is 0 Å². The highest BCUT2D eigenvalue weighted by Crippen LogP contribution is 2.31. The minimum absolute atomic E-state index is 0.132. The summed E-state index contributed by atoms with van der Waals surface area (Å²) in [5.41, 5.74) is 5.42. The summed E-state index contributed by atoms with van der Waals surface area (Å²) in [6.45, 7) is 3.93. The van der Waals surface area contributed by atoms with E-state index in [4.69, 9.17) is 10.3 Å². The van der Waals surface area contributed by atoms with E-state index in [0.717, 1.165) is 12.1 Å². The van der Waals surface area contributed by atoms with E-state index in [1.807, 2.05) is 13.8 Å². The number of rotatable bonds is 4. The molecule has 0 aliphatic heterocycles. The summed E-state index contributed by atoms with van der Waals surface area (Å²) in [6.07, 6.45) is -4.01. The molecule has 0 radical (unpaired) electrons. The maximum atomic E-state index is 12.7. The molecule has 0 fully saturated rings. The van der Waals surface area contributed by atoms with Gasteiger partial charge in [0, 0.05) is 18.0 Å². The second-order valence-electron chi connectivity index (χ2n) is 5.20. The molecule has 114 valence electrons. The van der Waals surface area contributed by atoms with Crippen LogP contribution in [0.25, 0.3) is 11.4 Å². The first kappa shape index (κ1) is 15.5. The van der Waals surface area contributed by atoms with Gasteiger partial charge in [0.05, 0.1) is 5.56 Å². The highest BCUT2D eigenvalue weighted by Gasteiger charge is 2.30. The Morgan fingerprint density at radius 2 is 2.00 bits per heavy atom. The van der Waals surface area contributed by atoms with Gasteiger partial charge in [-0.3, -0.25) is 0 Å². The van der Waals surface area contributed by atoms with Gasteiger partial charge >= 0.3 is 6.18 Å². The van der Waals surface area contributed by atoms with E-state index in [9.17, 15) is 13.2 Å². The molecule has 4 nitrogen and oxygen atoms in total. The SMILES string of the molecule is CC(C)C(N)Cc1nc(-c2cccc(C(F)(F)F)c2)no1. The molecule has 0 saturated carbocycles. The molecule has 0 saturated heterocycles. The Labute approximate surface area is 120 Å². The van der Waals surface area contributed by atoms with Crippen molar-refractivity contribution in [2.45, 2.75) is 32.5 Å². The molecule has 2 N–H and O–H groups in total. The standard InChI is InChI=1S/C14H16F3N3O/c1-8(2)11(18)7-12-19-13(20-21-12)9-4-3-5-10(6-9)14(15,16)17/h3-6,8,11H,7,18H2,1-2H3. The highest BCUT2D eigenvalue weighted by atomic mass is 19.4. The van der Waals surface area contributed by atoms with Crippen LogP contribution in [0.3, 0.4) is 0 Å². The third-order valence-electron chi connectivity index (χ3n) is 3.18. The molecule has 2 rings (SSSR count). The minimum Gasteiger partial charge on any atom is -0.339 e. The normalized spacial score (nSPS) is 13.7. The van der Waals surface area contributed by atoms with Crippen molar-refractivity contribution in [3.8, 4) is 11.4 Å². The summed E-state index contributed by atoms with van der Waals surface area (Å²) < 4.78 is 43.0. The molecule has 0 bridgehead atoms. The number of hydrogen-bond acceptors (Lipinski definition) is 4. The van der Waals surface area contributed by atoms with Crippen LogP contribution in [-0.4, -0.2) is 16.2 Å². The molecule has 1 heterocycles. The van der Waals surface area contributed by atoms with Gasteiger partial charge in [0.2, 0.25) is 11.7 Å². The number of nitrogens with zero attached hydrogens (tertiary/aromatic N) is 2. The molecular weight excluding hydrogens is 283 g/mol. The van der Waals surface area contributed by atoms with Gasteiger partial charge in [-0.2, -0.15) is 18.2 Å². The third kappa shape index (κ3) is 3.81. The Bertz CT molecular complexity index is 608. The van der Waals surface area contributed by atoms with E-state index in [-0.39, 0.29) is 23.3 Å². The zero-order valence-corrected chi connectivity index (χ0v) is 11.7. The zero-order valence-electron chi connectivity index (χ0n) is 11.7. The van der Waals surface area contributed by atoms with Gasteiger partial charge in [0.1, 0.15) is 0 Å². The van der Waals surface area contributed by atoms with E-state index in [1.54, 1.807) is 0 Å². The average molecular weight is 299 g/mol. The van der Waals surface area contributed by atoms with E-state index >= 15 is 0 Å². The van der Waals surface area contributed by atoms with Gasteiger partial charge in [-0.25, -0.2) is 0 Å². The Hall–Kier alpha value is -1.89. The van der Waals surface area contributed by atoms with Gasteiger partial charge < -0.3 is 10.3 Å². The van der Waals surface area contributed by atoms with E-state index in [2.05, 4.69) is 10.1 Å². The Balaban J connectivity index is 2.22. The monoisotopic (exact) mass is 299 g/mol. The van der Waals surface area contributed by atoms with Crippen molar-refractivity contribution in [1.82, 2.24) is 10.1 Å². The van der Waals surface area contributed by atoms with Gasteiger partial charge in [0.25, 0.3) is 0 Å². The second kappa shape index (κ2) is 5.85. The fraction of sp³-hybridized carbons (Fsp3) is 0.429. The number of hydrogen-bond donors (Lipinski definition) is 1. The molecule has 0 spiro atoms. The van der Waals surface area contributed by atoms with Crippen LogP contribution >= 0.6 is 0 Å². The summed E-state index contributed by atoms with van der Waals surface area (Å²) in [7, 11) is 0. The van der Waals surface area contributed by atoms with E-state index < -0.39 is 11.7 Å². The van der Waals surface area contributed by atoms with Crippen LogP contribution in [-0.2, 0) is 12.6 Å². The fourth-order valence-electron chi connectivity index (χ4n) is 1.73.